The van der Waals surface area contributed by atoms with Gasteiger partial charge in [-0.3, -0.25) is 0 Å². The number of carbonyl (C=O) groups is 1. The van der Waals surface area contributed by atoms with E-state index < -0.39 is 36.2 Å². The van der Waals surface area contributed by atoms with E-state index in [-0.39, 0.29) is 12.0 Å². The van der Waals surface area contributed by atoms with Crippen molar-refractivity contribution < 1.29 is 41.1 Å². The highest BCUT2D eigenvalue weighted by atomic mass is 19.4. The molecule has 2 fully saturated rings. The normalized spacial score (nSPS) is 16.0. The zero-order chi connectivity index (χ0) is 31.5. The number of rotatable bonds is 18. The summed E-state index contributed by atoms with van der Waals surface area (Å²) in [5.74, 6) is -4.60. The lowest BCUT2D eigenvalue weighted by Crippen LogP contribution is -2.42. The van der Waals surface area contributed by atoms with Crippen LogP contribution in [0, 0.1) is 12.8 Å². The number of carboxylic acid groups (broad SMARTS) is 1. The van der Waals surface area contributed by atoms with Crippen LogP contribution in [0.25, 0.3) is 0 Å². The molecule has 2 saturated carbocycles. The second-order valence-corrected chi connectivity index (χ2v) is 11.5. The molecule has 2 aromatic heterocycles. The maximum Gasteiger partial charge on any atom is 0.456 e. The number of aryl methyl sites for hydroxylation is 1. The molecule has 2 heterocycles. The molecule has 2 aliphatic carbocycles. The van der Waals surface area contributed by atoms with Crippen molar-refractivity contribution in [1.29, 1.82) is 0 Å². The van der Waals surface area contributed by atoms with Gasteiger partial charge >= 0.3 is 18.1 Å². The van der Waals surface area contributed by atoms with Crippen molar-refractivity contribution in [3.8, 4) is 5.88 Å². The highest BCUT2D eigenvalue weighted by Gasteiger charge is 2.58. The van der Waals surface area contributed by atoms with Crippen LogP contribution in [0.3, 0.4) is 0 Å². The molecule has 0 unspecified atom stereocenters. The number of nitrogens with one attached hydrogen (secondary N) is 1. The molecule has 1 atom stereocenters. The molecule has 2 N–H and O–H groups in total. The second-order valence-electron chi connectivity index (χ2n) is 11.5. The smallest absolute Gasteiger partial charge is 0.456 e. The SMILES string of the molecule is CCCCCCCCCCN[C@@H](CC1CC1)c1noc(C)n1.O=C(O)c1ccc(C2CC2)c(OCC(F)(F)C(F)(F)F)n1. The number of halogens is 5. The monoisotopic (exact) mass is 618 g/mol. The summed E-state index contributed by atoms with van der Waals surface area (Å²) in [5.41, 5.74) is -0.136. The summed E-state index contributed by atoms with van der Waals surface area (Å²) in [5, 5.41) is 16.5. The standard InChI is InChI=1S/C18H33N3O.C12H10F5NO3/c1-3-4-5-6-7-8-9-10-13-19-17(14-16-11-12-16)18-20-15(2)22-21-18;13-11(14,12(15,16)17)5-21-9-7(6-1-2-6)3-4-8(18-9)10(19)20/h16-17,19H,3-14H2,1-2H3;3-4,6H,1-2,5H2,(H,19,20)/t17-;/m0./s1. The number of unbranched alkanes of at least 4 members (excludes halogenated alkanes) is 7. The number of hydrogen-bond donors (Lipinski definition) is 2. The fourth-order valence-electron chi connectivity index (χ4n) is 4.59. The molecule has 2 aromatic rings. The van der Waals surface area contributed by atoms with Crippen molar-refractivity contribution in [3.05, 3.63) is 35.1 Å². The molecule has 2 aliphatic rings. The van der Waals surface area contributed by atoms with Crippen LogP contribution in [0.15, 0.2) is 16.7 Å². The summed E-state index contributed by atoms with van der Waals surface area (Å²) in [6.45, 7) is 3.27. The van der Waals surface area contributed by atoms with Gasteiger partial charge in [-0.05, 0) is 50.1 Å². The van der Waals surface area contributed by atoms with E-state index in [0.717, 1.165) is 43.6 Å². The van der Waals surface area contributed by atoms with E-state index in [9.17, 15) is 26.7 Å². The first-order valence-corrected chi connectivity index (χ1v) is 15.3. The van der Waals surface area contributed by atoms with E-state index in [4.69, 9.17) is 9.63 Å². The van der Waals surface area contributed by atoms with E-state index in [2.05, 4.69) is 32.1 Å². The van der Waals surface area contributed by atoms with Gasteiger partial charge in [0, 0.05) is 12.5 Å². The van der Waals surface area contributed by atoms with Gasteiger partial charge in [0.2, 0.25) is 11.8 Å². The maximum absolute atomic E-state index is 12.8. The van der Waals surface area contributed by atoms with Crippen molar-refractivity contribution >= 4 is 5.97 Å². The molecular weight excluding hydrogens is 575 g/mol. The number of nitrogens with zero attached hydrogens (tertiary/aromatic N) is 3. The van der Waals surface area contributed by atoms with Crippen LogP contribution < -0.4 is 10.1 Å². The Hall–Kier alpha value is -2.83. The molecule has 0 spiro atoms. The molecule has 0 amide bonds. The first kappa shape index (κ1) is 34.7. The third-order valence-corrected chi connectivity index (χ3v) is 7.47. The summed E-state index contributed by atoms with van der Waals surface area (Å²) in [6, 6.07) is 2.77. The number of pyridine rings is 1. The summed E-state index contributed by atoms with van der Waals surface area (Å²) in [7, 11) is 0. The fraction of sp³-hybridized carbons (Fsp3) is 0.733. The summed E-state index contributed by atoms with van der Waals surface area (Å²) >= 11 is 0. The van der Waals surface area contributed by atoms with Gasteiger partial charge in [-0.2, -0.15) is 26.9 Å². The molecule has 0 bridgehead atoms. The number of carboxylic acids is 1. The topological polar surface area (TPSA) is 110 Å². The molecule has 242 valence electrons. The minimum Gasteiger partial charge on any atom is -0.477 e. The first-order chi connectivity index (χ1) is 20.4. The van der Waals surface area contributed by atoms with Crippen LogP contribution in [0.4, 0.5) is 22.0 Å². The molecule has 0 radical (unpaired) electrons. The molecule has 43 heavy (non-hydrogen) atoms. The van der Waals surface area contributed by atoms with Crippen molar-refractivity contribution in [2.75, 3.05) is 13.2 Å². The zero-order valence-corrected chi connectivity index (χ0v) is 24.9. The highest BCUT2D eigenvalue weighted by molar-refractivity contribution is 5.85. The van der Waals surface area contributed by atoms with E-state index in [1.54, 1.807) is 0 Å². The molecule has 8 nitrogen and oxygen atoms in total. The predicted octanol–water partition coefficient (Wildman–Crippen LogP) is 8.18. The number of aromatic nitrogens is 3. The third-order valence-electron chi connectivity index (χ3n) is 7.47. The fourth-order valence-corrected chi connectivity index (χ4v) is 4.59. The quantitative estimate of drug-likeness (QED) is 0.127. The molecule has 0 saturated heterocycles. The Balaban J connectivity index is 0.000000236. The zero-order valence-electron chi connectivity index (χ0n) is 24.9. The van der Waals surface area contributed by atoms with Crippen LogP contribution in [0.5, 0.6) is 5.88 Å². The van der Waals surface area contributed by atoms with Gasteiger partial charge in [0.15, 0.2) is 18.1 Å². The van der Waals surface area contributed by atoms with Gasteiger partial charge in [-0.15, -0.1) is 0 Å². The third kappa shape index (κ3) is 12.0. The Labute approximate surface area is 249 Å². The van der Waals surface area contributed by atoms with Crippen LogP contribution in [0.2, 0.25) is 0 Å². The van der Waals surface area contributed by atoms with E-state index >= 15 is 0 Å². The summed E-state index contributed by atoms with van der Waals surface area (Å²) < 4.78 is 71.5. The van der Waals surface area contributed by atoms with Crippen molar-refractivity contribution in [2.45, 2.75) is 121 Å². The molecule has 4 rings (SSSR count). The van der Waals surface area contributed by atoms with Crippen molar-refractivity contribution in [3.63, 3.8) is 0 Å². The average Bonchev–Trinajstić information content (AvgIpc) is 3.89. The van der Waals surface area contributed by atoms with Gasteiger partial charge in [0.05, 0.1) is 6.04 Å². The summed E-state index contributed by atoms with van der Waals surface area (Å²) in [4.78, 5) is 18.7. The van der Waals surface area contributed by atoms with E-state index in [0.29, 0.717) is 11.5 Å². The van der Waals surface area contributed by atoms with Crippen LogP contribution in [-0.2, 0) is 0 Å². The second kappa shape index (κ2) is 16.3. The number of hydrogen-bond acceptors (Lipinski definition) is 7. The Morgan fingerprint density at radius 1 is 1.02 bits per heavy atom. The number of aromatic carboxylic acids is 1. The number of ether oxygens (including phenoxy) is 1. The lowest BCUT2D eigenvalue weighted by atomic mass is 10.1. The lowest BCUT2D eigenvalue weighted by molar-refractivity contribution is -0.290. The van der Waals surface area contributed by atoms with Gasteiger partial charge in [0.1, 0.15) is 0 Å². The van der Waals surface area contributed by atoms with Crippen molar-refractivity contribution in [2.24, 2.45) is 5.92 Å². The highest BCUT2D eigenvalue weighted by Crippen LogP contribution is 2.44. The molecule has 0 aromatic carbocycles. The predicted molar refractivity (Wildman–Crippen MR) is 149 cm³/mol. The van der Waals surface area contributed by atoms with E-state index in [1.165, 1.54) is 70.3 Å². The van der Waals surface area contributed by atoms with Crippen LogP contribution >= 0.6 is 0 Å². The molecule has 0 aliphatic heterocycles. The molecule has 13 heteroatoms. The average molecular weight is 619 g/mol. The van der Waals surface area contributed by atoms with E-state index in [1.807, 2.05) is 6.92 Å². The van der Waals surface area contributed by atoms with Gasteiger partial charge in [-0.1, -0.05) is 75.9 Å². The first-order valence-electron chi connectivity index (χ1n) is 15.3. The Bertz CT molecular complexity index is 1140. The Kier molecular flexibility index (Phi) is 13.1. The van der Waals surface area contributed by atoms with Gasteiger partial charge in [-0.25, -0.2) is 9.78 Å². The van der Waals surface area contributed by atoms with Crippen LogP contribution in [0.1, 0.15) is 130 Å². The summed E-state index contributed by atoms with van der Waals surface area (Å²) in [6.07, 6.45) is 10.5. The molecular formula is C30H43F5N4O4. The van der Waals surface area contributed by atoms with Gasteiger partial charge in [0.25, 0.3) is 0 Å². The lowest BCUT2D eigenvalue weighted by Gasteiger charge is -2.20. The van der Waals surface area contributed by atoms with Gasteiger partial charge < -0.3 is 19.7 Å². The number of alkyl halides is 5. The Morgan fingerprint density at radius 2 is 1.67 bits per heavy atom. The minimum absolute atomic E-state index is 0.0464. The minimum atomic E-state index is -5.74. The largest absolute Gasteiger partial charge is 0.477 e. The van der Waals surface area contributed by atoms with Crippen LogP contribution in [-0.4, -0.2) is 51.5 Å². The maximum atomic E-state index is 12.8. The van der Waals surface area contributed by atoms with Crippen molar-refractivity contribution in [1.82, 2.24) is 20.4 Å². The Morgan fingerprint density at radius 3 is 2.21 bits per heavy atom.